The largest absolute Gasteiger partial charge is 0.352 e. The van der Waals surface area contributed by atoms with E-state index in [0.29, 0.717) is 22.9 Å². The highest BCUT2D eigenvalue weighted by Gasteiger charge is 2.21. The maximum absolute atomic E-state index is 12.2. The molecular formula is C19H18N8O. The second kappa shape index (κ2) is 6.76. The predicted octanol–water partition coefficient (Wildman–Crippen LogP) is 2.40. The number of anilines is 2. The fraction of sp³-hybridized carbons (Fsp3) is 0.211. The number of nitrogens with one attached hydrogen (secondary N) is 3. The highest BCUT2D eigenvalue weighted by molar-refractivity contribution is 5.94. The highest BCUT2D eigenvalue weighted by Crippen LogP contribution is 2.28. The van der Waals surface area contributed by atoms with Crippen LogP contribution < -0.4 is 10.6 Å². The van der Waals surface area contributed by atoms with Crippen LogP contribution in [0.4, 0.5) is 11.5 Å². The molecule has 3 aromatic heterocycles. The zero-order valence-corrected chi connectivity index (χ0v) is 15.0. The maximum atomic E-state index is 12.2. The second-order valence-corrected chi connectivity index (χ2v) is 6.83. The van der Waals surface area contributed by atoms with E-state index in [1.807, 2.05) is 12.1 Å². The number of nitrogens with zero attached hydrogens (tertiary/aromatic N) is 5. The number of hydrogen-bond acceptors (Lipinski definition) is 6. The van der Waals surface area contributed by atoms with Crippen molar-refractivity contribution < 1.29 is 4.79 Å². The van der Waals surface area contributed by atoms with E-state index < -0.39 is 0 Å². The lowest BCUT2D eigenvalue weighted by Crippen LogP contribution is -2.25. The summed E-state index contributed by atoms with van der Waals surface area (Å²) in [5.74, 6) is 1.20. The van der Waals surface area contributed by atoms with Crippen LogP contribution in [-0.4, -0.2) is 42.2 Å². The zero-order valence-electron chi connectivity index (χ0n) is 15.0. The average molecular weight is 374 g/mol. The Labute approximate surface area is 160 Å². The first-order valence-corrected chi connectivity index (χ1v) is 9.11. The molecule has 1 fully saturated rings. The third-order valence-corrected chi connectivity index (χ3v) is 4.76. The smallest absolute Gasteiger partial charge is 0.251 e. The Kier molecular flexibility index (Phi) is 3.97. The minimum Gasteiger partial charge on any atom is -0.352 e. The van der Waals surface area contributed by atoms with Gasteiger partial charge in [0.05, 0.1) is 18.1 Å². The van der Waals surface area contributed by atoms with Crippen LogP contribution >= 0.6 is 0 Å². The molecule has 5 rings (SSSR count). The van der Waals surface area contributed by atoms with Crippen molar-refractivity contribution in [3.63, 3.8) is 0 Å². The number of aromatic nitrogens is 6. The Balaban J connectivity index is 1.36. The summed E-state index contributed by atoms with van der Waals surface area (Å²) in [7, 11) is 0. The van der Waals surface area contributed by atoms with Gasteiger partial charge in [0.25, 0.3) is 5.91 Å². The number of carbonyl (C=O) groups is 1. The zero-order chi connectivity index (χ0) is 18.9. The maximum Gasteiger partial charge on any atom is 0.251 e. The molecule has 0 unspecified atom stereocenters. The van der Waals surface area contributed by atoms with Gasteiger partial charge < -0.3 is 10.6 Å². The molecule has 3 heterocycles. The summed E-state index contributed by atoms with van der Waals surface area (Å²) in [5, 5.41) is 17.2. The molecule has 3 N–H and O–H groups in total. The molecular weight excluding hydrogens is 356 g/mol. The van der Waals surface area contributed by atoms with Gasteiger partial charge in [0.1, 0.15) is 6.33 Å². The molecule has 1 amide bonds. The molecule has 1 aromatic carbocycles. The lowest BCUT2D eigenvalue weighted by Gasteiger charge is -2.09. The Hall–Kier alpha value is -3.75. The Morgan fingerprint density at radius 1 is 1.18 bits per heavy atom. The normalized spacial score (nSPS) is 13.6. The highest BCUT2D eigenvalue weighted by atomic mass is 16.1. The summed E-state index contributed by atoms with van der Waals surface area (Å²) in [4.78, 5) is 21.0. The van der Waals surface area contributed by atoms with E-state index in [2.05, 4.69) is 35.9 Å². The van der Waals surface area contributed by atoms with Crippen LogP contribution in [-0.2, 0) is 0 Å². The summed E-state index contributed by atoms with van der Waals surface area (Å²) in [6, 6.07) is 7.30. The van der Waals surface area contributed by atoms with E-state index in [1.54, 1.807) is 35.2 Å². The predicted molar refractivity (Wildman–Crippen MR) is 103 cm³/mol. The minimum absolute atomic E-state index is 0.0408. The summed E-state index contributed by atoms with van der Waals surface area (Å²) in [5.41, 5.74) is 3.71. The molecule has 0 bridgehead atoms. The minimum atomic E-state index is -0.0408. The molecule has 1 aliphatic carbocycles. The van der Waals surface area contributed by atoms with Crippen molar-refractivity contribution in [2.45, 2.75) is 12.8 Å². The molecule has 0 saturated heterocycles. The van der Waals surface area contributed by atoms with E-state index in [9.17, 15) is 4.79 Å². The number of H-pyrrole nitrogens is 1. The molecule has 1 aliphatic rings. The van der Waals surface area contributed by atoms with Gasteiger partial charge in [0, 0.05) is 29.6 Å². The standard InChI is InChI=1S/C19H18N8O/c28-19(21-7-12-1-2-12)13-3-5-15(6-4-13)26-17-18-22-11-25-27(18)16(10-20-17)14-8-23-24-9-14/h3-6,8-12H,1-2,7H2,(H,20,26)(H,21,28)(H,23,24). The van der Waals surface area contributed by atoms with Gasteiger partial charge in [-0.2, -0.15) is 10.2 Å². The van der Waals surface area contributed by atoms with Gasteiger partial charge in [0.2, 0.25) is 0 Å². The van der Waals surface area contributed by atoms with Gasteiger partial charge in [0.15, 0.2) is 11.5 Å². The summed E-state index contributed by atoms with van der Waals surface area (Å²) in [6.45, 7) is 0.761. The van der Waals surface area contributed by atoms with Crippen LogP contribution in [0.2, 0.25) is 0 Å². The molecule has 0 spiro atoms. The first-order chi connectivity index (χ1) is 13.8. The van der Waals surface area contributed by atoms with Gasteiger partial charge >= 0.3 is 0 Å². The van der Waals surface area contributed by atoms with E-state index in [1.165, 1.54) is 19.2 Å². The first-order valence-electron chi connectivity index (χ1n) is 9.11. The quantitative estimate of drug-likeness (QED) is 0.478. The number of amides is 1. The van der Waals surface area contributed by atoms with Crippen molar-refractivity contribution in [2.75, 3.05) is 11.9 Å². The van der Waals surface area contributed by atoms with Crippen molar-refractivity contribution in [1.82, 2.24) is 35.1 Å². The molecule has 28 heavy (non-hydrogen) atoms. The first kappa shape index (κ1) is 16.4. The Morgan fingerprint density at radius 3 is 2.79 bits per heavy atom. The van der Waals surface area contributed by atoms with Crippen molar-refractivity contribution in [3.05, 3.63) is 54.7 Å². The summed E-state index contributed by atoms with van der Waals surface area (Å²) < 4.78 is 1.71. The molecule has 9 heteroatoms. The number of fused-ring (bicyclic) bond motifs is 1. The Bertz CT molecular complexity index is 1110. The van der Waals surface area contributed by atoms with Crippen LogP contribution in [0.15, 0.2) is 49.2 Å². The molecule has 4 aromatic rings. The summed E-state index contributed by atoms with van der Waals surface area (Å²) >= 11 is 0. The monoisotopic (exact) mass is 374 g/mol. The number of aromatic amines is 1. The summed E-state index contributed by atoms with van der Waals surface area (Å²) in [6.07, 6.45) is 9.11. The molecule has 0 radical (unpaired) electrons. The third-order valence-electron chi connectivity index (χ3n) is 4.76. The number of benzene rings is 1. The third kappa shape index (κ3) is 3.18. The van der Waals surface area contributed by atoms with Gasteiger partial charge in [-0.1, -0.05) is 0 Å². The van der Waals surface area contributed by atoms with Crippen LogP contribution in [0.25, 0.3) is 16.9 Å². The topological polar surface area (TPSA) is 113 Å². The number of hydrogen-bond donors (Lipinski definition) is 3. The van der Waals surface area contributed by atoms with Crippen LogP contribution in [0.5, 0.6) is 0 Å². The molecule has 1 saturated carbocycles. The van der Waals surface area contributed by atoms with Crippen molar-refractivity contribution in [2.24, 2.45) is 5.92 Å². The lowest BCUT2D eigenvalue weighted by atomic mass is 10.2. The molecule has 9 nitrogen and oxygen atoms in total. The fourth-order valence-corrected chi connectivity index (χ4v) is 3.00. The van der Waals surface area contributed by atoms with Gasteiger partial charge in [-0.3, -0.25) is 9.89 Å². The molecule has 140 valence electrons. The molecule has 0 atom stereocenters. The van der Waals surface area contributed by atoms with Crippen LogP contribution in [0, 0.1) is 5.92 Å². The van der Waals surface area contributed by atoms with E-state index in [4.69, 9.17) is 0 Å². The average Bonchev–Trinajstić information content (AvgIpc) is 3.18. The van der Waals surface area contributed by atoms with Gasteiger partial charge in [-0.05, 0) is 43.0 Å². The van der Waals surface area contributed by atoms with E-state index in [0.717, 1.165) is 23.5 Å². The van der Waals surface area contributed by atoms with Gasteiger partial charge in [-0.15, -0.1) is 0 Å². The van der Waals surface area contributed by atoms with Gasteiger partial charge in [-0.25, -0.2) is 14.5 Å². The lowest BCUT2D eigenvalue weighted by molar-refractivity contribution is 0.0952. The van der Waals surface area contributed by atoms with Crippen LogP contribution in [0.3, 0.4) is 0 Å². The van der Waals surface area contributed by atoms with E-state index >= 15 is 0 Å². The second-order valence-electron chi connectivity index (χ2n) is 6.83. The SMILES string of the molecule is O=C(NCC1CC1)c1ccc(Nc2ncc(-c3cn[nH]c3)n3ncnc23)cc1. The molecule has 0 aliphatic heterocycles. The number of carbonyl (C=O) groups excluding carboxylic acids is 1. The number of rotatable bonds is 6. The van der Waals surface area contributed by atoms with E-state index in [-0.39, 0.29) is 5.91 Å². The fourth-order valence-electron chi connectivity index (χ4n) is 3.00. The Morgan fingerprint density at radius 2 is 2.04 bits per heavy atom. The van der Waals surface area contributed by atoms with Crippen molar-refractivity contribution in [1.29, 1.82) is 0 Å². The van der Waals surface area contributed by atoms with Crippen molar-refractivity contribution >= 4 is 23.1 Å². The van der Waals surface area contributed by atoms with Crippen molar-refractivity contribution in [3.8, 4) is 11.3 Å². The van der Waals surface area contributed by atoms with Crippen LogP contribution in [0.1, 0.15) is 23.2 Å².